The summed E-state index contributed by atoms with van der Waals surface area (Å²) in [5.74, 6) is -0.197. The monoisotopic (exact) mass is 295 g/mol. The molecule has 1 heterocycles. The van der Waals surface area contributed by atoms with Gasteiger partial charge in [-0.3, -0.25) is 4.79 Å². The largest absolute Gasteiger partial charge is 0.325 e. The van der Waals surface area contributed by atoms with Crippen LogP contribution >= 0.6 is 0 Å². The summed E-state index contributed by atoms with van der Waals surface area (Å²) < 4.78 is 22.9. The second kappa shape index (κ2) is 5.56. The van der Waals surface area contributed by atoms with Gasteiger partial charge in [0.05, 0.1) is 17.4 Å². The highest BCUT2D eigenvalue weighted by molar-refractivity contribution is 7.91. The van der Waals surface area contributed by atoms with Gasteiger partial charge in [-0.25, -0.2) is 8.42 Å². The maximum Gasteiger partial charge on any atom is 0.228 e. The zero-order valence-corrected chi connectivity index (χ0v) is 13.0. The van der Waals surface area contributed by atoms with E-state index in [4.69, 9.17) is 0 Å². The van der Waals surface area contributed by atoms with Gasteiger partial charge in [-0.15, -0.1) is 0 Å². The average molecular weight is 295 g/mol. The Hall–Kier alpha value is -1.36. The normalized spacial score (nSPS) is 21.1. The van der Waals surface area contributed by atoms with E-state index in [1.54, 1.807) is 0 Å². The van der Waals surface area contributed by atoms with E-state index < -0.39 is 15.8 Å². The minimum atomic E-state index is -3.03. The van der Waals surface area contributed by atoms with Gasteiger partial charge < -0.3 is 5.32 Å². The predicted molar refractivity (Wildman–Crippen MR) is 80.7 cm³/mol. The number of carbonyl (C=O) groups is 1. The minimum Gasteiger partial charge on any atom is -0.325 e. The highest BCUT2D eigenvalue weighted by atomic mass is 32.2. The Morgan fingerprint density at radius 2 is 2.05 bits per heavy atom. The summed E-state index contributed by atoms with van der Waals surface area (Å²) in [5, 5.41) is 2.94. The van der Waals surface area contributed by atoms with Crippen LogP contribution in [0.5, 0.6) is 0 Å². The molecule has 20 heavy (non-hydrogen) atoms. The molecule has 1 atom stereocenters. The maximum atomic E-state index is 12.3. The lowest BCUT2D eigenvalue weighted by Crippen LogP contribution is -2.24. The summed E-state index contributed by atoms with van der Waals surface area (Å²) >= 11 is 0. The number of hydrogen-bond donors (Lipinski definition) is 1. The van der Waals surface area contributed by atoms with Crippen molar-refractivity contribution >= 4 is 21.4 Å². The van der Waals surface area contributed by atoms with Crippen LogP contribution in [0.2, 0.25) is 0 Å². The summed E-state index contributed by atoms with van der Waals surface area (Å²) in [5.41, 5.74) is 2.92. The molecular formula is C15H21NO3S. The lowest BCUT2D eigenvalue weighted by molar-refractivity contribution is -0.119. The molecule has 0 aromatic heterocycles. The summed E-state index contributed by atoms with van der Waals surface area (Å²) in [6, 6.07) is 5.92. The van der Waals surface area contributed by atoms with Crippen LogP contribution in [0.15, 0.2) is 18.2 Å². The number of para-hydroxylation sites is 1. The van der Waals surface area contributed by atoms with Crippen LogP contribution in [0, 0.1) is 12.8 Å². The van der Waals surface area contributed by atoms with E-state index in [9.17, 15) is 13.2 Å². The molecule has 0 spiro atoms. The van der Waals surface area contributed by atoms with Crippen molar-refractivity contribution in [1.82, 2.24) is 0 Å². The van der Waals surface area contributed by atoms with Crippen LogP contribution in [0.3, 0.4) is 0 Å². The Labute approximate surface area is 120 Å². The van der Waals surface area contributed by atoms with Crippen molar-refractivity contribution in [1.29, 1.82) is 0 Å². The highest BCUT2D eigenvalue weighted by Crippen LogP contribution is 2.29. The zero-order chi connectivity index (χ0) is 14.9. The van der Waals surface area contributed by atoms with Gasteiger partial charge in [0.1, 0.15) is 0 Å². The SMILES string of the molecule is Cc1cccc(C(C)C)c1NC(=O)C1CCS(=O)(=O)C1. The lowest BCUT2D eigenvalue weighted by atomic mass is 9.97. The van der Waals surface area contributed by atoms with Crippen LogP contribution in [0.1, 0.15) is 37.3 Å². The molecule has 1 aromatic carbocycles. The number of amides is 1. The number of sulfone groups is 1. The van der Waals surface area contributed by atoms with Crippen LogP contribution in [-0.4, -0.2) is 25.8 Å². The third kappa shape index (κ3) is 3.20. The second-order valence-corrected chi connectivity index (χ2v) is 8.01. The first-order valence-electron chi connectivity index (χ1n) is 6.91. The van der Waals surface area contributed by atoms with Crippen LogP contribution in [0.25, 0.3) is 0 Å². The fraction of sp³-hybridized carbons (Fsp3) is 0.533. The van der Waals surface area contributed by atoms with Gasteiger partial charge in [0.15, 0.2) is 9.84 Å². The summed E-state index contributed by atoms with van der Waals surface area (Å²) in [7, 11) is -3.03. The number of hydrogen-bond acceptors (Lipinski definition) is 3. The zero-order valence-electron chi connectivity index (χ0n) is 12.1. The van der Waals surface area contributed by atoms with E-state index in [1.165, 1.54) is 0 Å². The maximum absolute atomic E-state index is 12.3. The van der Waals surface area contributed by atoms with E-state index in [0.29, 0.717) is 12.3 Å². The molecule has 1 unspecified atom stereocenters. The number of benzene rings is 1. The third-order valence-electron chi connectivity index (χ3n) is 3.78. The standard InChI is InChI=1S/C15H21NO3S/c1-10(2)13-6-4-5-11(3)14(13)16-15(17)12-7-8-20(18,19)9-12/h4-6,10,12H,7-9H2,1-3H3,(H,16,17). The molecule has 1 fully saturated rings. The average Bonchev–Trinajstić information content (AvgIpc) is 2.72. The molecule has 1 aromatic rings. The van der Waals surface area contributed by atoms with E-state index >= 15 is 0 Å². The van der Waals surface area contributed by atoms with Gasteiger partial charge in [-0.1, -0.05) is 32.0 Å². The summed E-state index contributed by atoms with van der Waals surface area (Å²) in [6.45, 7) is 6.10. The smallest absolute Gasteiger partial charge is 0.228 e. The van der Waals surface area contributed by atoms with E-state index in [2.05, 4.69) is 19.2 Å². The Morgan fingerprint density at radius 1 is 1.35 bits per heavy atom. The number of rotatable bonds is 3. The van der Waals surface area contributed by atoms with Crippen LogP contribution in [0.4, 0.5) is 5.69 Å². The molecule has 1 aliphatic rings. The molecule has 4 nitrogen and oxygen atoms in total. The van der Waals surface area contributed by atoms with Gasteiger partial charge >= 0.3 is 0 Å². The first-order chi connectivity index (χ1) is 9.30. The van der Waals surface area contributed by atoms with E-state index in [1.807, 2.05) is 25.1 Å². The second-order valence-electron chi connectivity index (χ2n) is 5.78. The first kappa shape index (κ1) is 15.0. The quantitative estimate of drug-likeness (QED) is 0.932. The van der Waals surface area contributed by atoms with Crippen molar-refractivity contribution in [2.75, 3.05) is 16.8 Å². The Balaban J connectivity index is 2.20. The van der Waals surface area contributed by atoms with Gasteiger partial charge in [0.2, 0.25) is 5.91 Å². The van der Waals surface area contributed by atoms with Crippen molar-refractivity contribution < 1.29 is 13.2 Å². The van der Waals surface area contributed by atoms with Crippen molar-refractivity contribution in [3.8, 4) is 0 Å². The van der Waals surface area contributed by atoms with Gasteiger partial charge in [0.25, 0.3) is 0 Å². The van der Waals surface area contributed by atoms with Crippen molar-refractivity contribution in [2.45, 2.75) is 33.1 Å². The molecule has 110 valence electrons. The fourth-order valence-electron chi connectivity index (χ4n) is 2.57. The molecule has 0 saturated carbocycles. The molecule has 1 aliphatic heterocycles. The Bertz CT molecular complexity index is 620. The van der Waals surface area contributed by atoms with Crippen LogP contribution in [-0.2, 0) is 14.6 Å². The number of anilines is 1. The topological polar surface area (TPSA) is 63.2 Å². The van der Waals surface area contributed by atoms with E-state index in [0.717, 1.165) is 16.8 Å². The highest BCUT2D eigenvalue weighted by Gasteiger charge is 2.33. The summed E-state index contributed by atoms with van der Waals surface area (Å²) in [6.07, 6.45) is 0.428. The predicted octanol–water partition coefficient (Wildman–Crippen LogP) is 2.49. The van der Waals surface area contributed by atoms with Crippen molar-refractivity contribution in [3.05, 3.63) is 29.3 Å². The Morgan fingerprint density at radius 3 is 2.60 bits per heavy atom. The number of carbonyl (C=O) groups excluding carboxylic acids is 1. The van der Waals surface area contributed by atoms with Crippen LogP contribution < -0.4 is 5.32 Å². The molecule has 5 heteroatoms. The van der Waals surface area contributed by atoms with E-state index in [-0.39, 0.29) is 17.4 Å². The summed E-state index contributed by atoms with van der Waals surface area (Å²) in [4.78, 5) is 12.3. The third-order valence-corrected chi connectivity index (χ3v) is 5.55. The molecule has 0 radical (unpaired) electrons. The molecule has 0 aliphatic carbocycles. The lowest BCUT2D eigenvalue weighted by Gasteiger charge is -2.18. The van der Waals surface area contributed by atoms with Crippen molar-refractivity contribution in [2.24, 2.45) is 5.92 Å². The molecule has 1 N–H and O–H groups in total. The molecule has 1 saturated heterocycles. The van der Waals surface area contributed by atoms with Gasteiger partial charge in [0, 0.05) is 5.69 Å². The van der Waals surface area contributed by atoms with Gasteiger partial charge in [-0.05, 0) is 30.4 Å². The number of aryl methyl sites for hydroxylation is 1. The van der Waals surface area contributed by atoms with Crippen molar-refractivity contribution in [3.63, 3.8) is 0 Å². The molecule has 2 rings (SSSR count). The molecule has 0 bridgehead atoms. The number of nitrogens with one attached hydrogen (secondary N) is 1. The van der Waals surface area contributed by atoms with Gasteiger partial charge in [-0.2, -0.15) is 0 Å². The fourth-order valence-corrected chi connectivity index (χ4v) is 4.31. The minimum absolute atomic E-state index is 0.0261. The first-order valence-corrected chi connectivity index (χ1v) is 8.73. The molecular weight excluding hydrogens is 274 g/mol. The molecule has 1 amide bonds. The Kier molecular flexibility index (Phi) is 4.18.